The first-order valence-corrected chi connectivity index (χ1v) is 8.01. The second-order valence-corrected chi connectivity index (χ2v) is 6.69. The molecule has 1 saturated heterocycles. The highest BCUT2D eigenvalue weighted by Crippen LogP contribution is 2.48. The van der Waals surface area contributed by atoms with Crippen molar-refractivity contribution in [3.8, 4) is 0 Å². The lowest BCUT2D eigenvalue weighted by Crippen LogP contribution is -2.43. The molecule has 1 saturated carbocycles. The fourth-order valence-electron chi connectivity index (χ4n) is 3.49. The van der Waals surface area contributed by atoms with Gasteiger partial charge in [-0.3, -0.25) is 14.5 Å². The van der Waals surface area contributed by atoms with Crippen LogP contribution >= 0.6 is 0 Å². The van der Waals surface area contributed by atoms with Crippen molar-refractivity contribution in [2.75, 3.05) is 26.7 Å². The summed E-state index contributed by atoms with van der Waals surface area (Å²) in [4.78, 5) is 26.6. The maximum atomic E-state index is 13.0. The van der Waals surface area contributed by atoms with Crippen LogP contribution in [0.3, 0.4) is 0 Å². The Bertz CT molecular complexity index is 636. The molecule has 0 bridgehead atoms. The van der Waals surface area contributed by atoms with Gasteiger partial charge in [-0.05, 0) is 37.1 Å². The molecule has 1 aliphatic carbocycles. The Morgan fingerprint density at radius 1 is 1.29 bits per heavy atom. The summed E-state index contributed by atoms with van der Waals surface area (Å²) in [6.45, 7) is 0.377. The number of aliphatic hydroxyl groups is 1. The quantitative estimate of drug-likeness (QED) is 0.819. The largest absolute Gasteiger partial charge is 0.480 e. The topological polar surface area (TPSA) is 81.1 Å². The Labute approximate surface area is 139 Å². The molecule has 2 fully saturated rings. The maximum Gasteiger partial charge on any atom is 0.317 e. The maximum absolute atomic E-state index is 13.0. The van der Waals surface area contributed by atoms with Gasteiger partial charge in [0.1, 0.15) is 5.82 Å². The van der Waals surface area contributed by atoms with Gasteiger partial charge in [0.2, 0.25) is 5.91 Å². The van der Waals surface area contributed by atoms with Crippen molar-refractivity contribution in [2.24, 2.45) is 5.92 Å². The highest BCUT2D eigenvalue weighted by Gasteiger charge is 2.48. The van der Waals surface area contributed by atoms with Gasteiger partial charge in [-0.15, -0.1) is 0 Å². The Morgan fingerprint density at radius 3 is 2.58 bits per heavy atom. The molecule has 7 heteroatoms. The van der Waals surface area contributed by atoms with E-state index in [1.165, 1.54) is 12.1 Å². The lowest BCUT2D eigenvalue weighted by Gasteiger charge is -2.24. The molecule has 6 nitrogen and oxygen atoms in total. The average Bonchev–Trinajstić information content (AvgIpc) is 3.22. The summed E-state index contributed by atoms with van der Waals surface area (Å²) in [5, 5.41) is 19.0. The van der Waals surface area contributed by atoms with E-state index in [-0.39, 0.29) is 42.7 Å². The number of rotatable bonds is 5. The Morgan fingerprint density at radius 2 is 1.96 bits per heavy atom. The molecular formula is C17H21FN2O4. The van der Waals surface area contributed by atoms with Crippen molar-refractivity contribution in [3.05, 3.63) is 35.6 Å². The van der Waals surface area contributed by atoms with Crippen LogP contribution in [0.25, 0.3) is 0 Å². The Hall–Kier alpha value is -1.99. The van der Waals surface area contributed by atoms with E-state index in [2.05, 4.69) is 0 Å². The van der Waals surface area contributed by atoms with Crippen molar-refractivity contribution in [1.29, 1.82) is 0 Å². The zero-order valence-electron chi connectivity index (χ0n) is 13.4. The number of benzene rings is 1. The predicted octanol–water partition coefficient (Wildman–Crippen LogP) is 0.517. The number of nitrogens with zero attached hydrogens (tertiary/aromatic N) is 2. The number of likely N-dealkylation sites (N-methyl/N-ethyl adjacent to an activating group) is 1. The number of carboxylic acids is 1. The number of halogens is 1. The van der Waals surface area contributed by atoms with Crippen LogP contribution in [0.15, 0.2) is 24.3 Å². The van der Waals surface area contributed by atoms with Crippen LogP contribution in [0.4, 0.5) is 4.39 Å². The fraction of sp³-hybridized carbons (Fsp3) is 0.529. The Balaban J connectivity index is 1.59. The molecule has 2 aliphatic rings. The Kier molecular flexibility index (Phi) is 4.56. The van der Waals surface area contributed by atoms with E-state index in [4.69, 9.17) is 5.11 Å². The van der Waals surface area contributed by atoms with Gasteiger partial charge in [-0.2, -0.15) is 0 Å². The lowest BCUT2D eigenvalue weighted by atomic mass is 10.1. The number of β-amino-alcohol motifs (C(OH)–C–C–N with tert-alkyl or cyclic N) is 1. The monoisotopic (exact) mass is 336 g/mol. The minimum Gasteiger partial charge on any atom is -0.480 e. The second kappa shape index (κ2) is 6.49. The number of likely N-dealkylation sites (tertiary alicyclic amines) is 1. The summed E-state index contributed by atoms with van der Waals surface area (Å²) in [5.41, 5.74) is 0.953. The first-order valence-electron chi connectivity index (χ1n) is 8.01. The van der Waals surface area contributed by atoms with Gasteiger partial charge in [0.25, 0.3) is 0 Å². The molecule has 1 heterocycles. The number of carboxylic acid groups (broad SMARTS) is 1. The van der Waals surface area contributed by atoms with Crippen LogP contribution in [0.5, 0.6) is 0 Å². The number of hydrogen-bond donors (Lipinski definition) is 2. The predicted molar refractivity (Wildman–Crippen MR) is 83.9 cm³/mol. The third-order valence-electron chi connectivity index (χ3n) is 4.93. The standard InChI is InChI=1S/C17H21FN2O4/c1-19(9-16(22)23)14-7-20(8-15(14)21)17(24)13-6-12(13)10-2-4-11(18)5-3-10/h2-5,12-15,21H,6-9H2,1H3,(H,22,23)/t12-,13+,14-,15-/m1/s1. The highest BCUT2D eigenvalue weighted by atomic mass is 19.1. The summed E-state index contributed by atoms with van der Waals surface area (Å²) in [6, 6.07) is 5.83. The van der Waals surface area contributed by atoms with Crippen molar-refractivity contribution >= 4 is 11.9 Å². The number of aliphatic hydroxyl groups excluding tert-OH is 1. The number of aliphatic carboxylic acids is 1. The van der Waals surface area contributed by atoms with Gasteiger partial charge in [-0.1, -0.05) is 12.1 Å². The van der Waals surface area contributed by atoms with E-state index >= 15 is 0 Å². The van der Waals surface area contributed by atoms with Crippen molar-refractivity contribution in [2.45, 2.75) is 24.5 Å². The molecule has 0 radical (unpaired) electrons. The van der Waals surface area contributed by atoms with Crippen molar-refractivity contribution in [1.82, 2.24) is 9.80 Å². The normalized spacial score (nSPS) is 29.1. The zero-order chi connectivity index (χ0) is 17.4. The molecule has 0 spiro atoms. The number of amides is 1. The van der Waals surface area contributed by atoms with Gasteiger partial charge in [0, 0.05) is 19.0 Å². The van der Waals surface area contributed by atoms with Gasteiger partial charge < -0.3 is 15.1 Å². The molecule has 1 aromatic carbocycles. The number of carbonyl (C=O) groups excluding carboxylic acids is 1. The molecule has 1 aromatic rings. The third kappa shape index (κ3) is 3.42. The molecule has 1 aliphatic heterocycles. The first kappa shape index (κ1) is 16.9. The zero-order valence-corrected chi connectivity index (χ0v) is 13.4. The third-order valence-corrected chi connectivity index (χ3v) is 4.93. The molecule has 24 heavy (non-hydrogen) atoms. The van der Waals surface area contributed by atoms with Crippen LogP contribution in [0, 0.1) is 11.7 Å². The SMILES string of the molecule is CN(CC(=O)O)[C@@H]1CN(C(=O)[C@H]2C[C@@H]2c2ccc(F)cc2)C[C@H]1O. The summed E-state index contributed by atoms with van der Waals surface area (Å²) in [5.74, 6) is -1.31. The molecule has 0 aromatic heterocycles. The molecule has 1 amide bonds. The van der Waals surface area contributed by atoms with Crippen LogP contribution in [0.1, 0.15) is 17.9 Å². The molecule has 130 valence electrons. The van der Waals surface area contributed by atoms with Gasteiger partial charge in [-0.25, -0.2) is 4.39 Å². The summed E-state index contributed by atoms with van der Waals surface area (Å²) in [6.07, 6.45) is -0.0199. The second-order valence-electron chi connectivity index (χ2n) is 6.69. The summed E-state index contributed by atoms with van der Waals surface area (Å²) < 4.78 is 13.0. The first-order chi connectivity index (χ1) is 11.4. The molecule has 0 unspecified atom stereocenters. The minimum atomic E-state index is -0.965. The molecule has 3 rings (SSSR count). The summed E-state index contributed by atoms with van der Waals surface area (Å²) in [7, 11) is 1.63. The van der Waals surface area contributed by atoms with Crippen molar-refractivity contribution in [3.63, 3.8) is 0 Å². The van der Waals surface area contributed by atoms with E-state index in [1.807, 2.05) is 0 Å². The molecule has 2 N–H and O–H groups in total. The fourth-order valence-corrected chi connectivity index (χ4v) is 3.49. The van der Waals surface area contributed by atoms with E-state index in [1.54, 1.807) is 29.0 Å². The smallest absolute Gasteiger partial charge is 0.317 e. The number of hydrogen-bond acceptors (Lipinski definition) is 4. The van der Waals surface area contributed by atoms with Gasteiger partial charge >= 0.3 is 5.97 Å². The van der Waals surface area contributed by atoms with Gasteiger partial charge in [0.15, 0.2) is 0 Å². The van der Waals surface area contributed by atoms with Crippen LogP contribution in [-0.2, 0) is 9.59 Å². The van der Waals surface area contributed by atoms with Crippen molar-refractivity contribution < 1.29 is 24.2 Å². The van der Waals surface area contributed by atoms with Crippen LogP contribution in [0.2, 0.25) is 0 Å². The van der Waals surface area contributed by atoms with E-state index in [0.29, 0.717) is 6.54 Å². The van der Waals surface area contributed by atoms with E-state index in [0.717, 1.165) is 12.0 Å². The lowest BCUT2D eigenvalue weighted by molar-refractivity contribution is -0.138. The van der Waals surface area contributed by atoms with E-state index < -0.39 is 12.1 Å². The van der Waals surface area contributed by atoms with E-state index in [9.17, 15) is 19.1 Å². The van der Waals surface area contributed by atoms with Crippen LogP contribution < -0.4 is 0 Å². The highest BCUT2D eigenvalue weighted by molar-refractivity contribution is 5.83. The van der Waals surface area contributed by atoms with Crippen LogP contribution in [-0.4, -0.2) is 70.7 Å². The summed E-state index contributed by atoms with van der Waals surface area (Å²) >= 11 is 0. The van der Waals surface area contributed by atoms with Gasteiger partial charge in [0.05, 0.1) is 18.7 Å². The molecular weight excluding hydrogens is 315 g/mol. The number of carbonyl (C=O) groups is 2. The molecule has 4 atom stereocenters. The average molecular weight is 336 g/mol. The minimum absolute atomic E-state index is 0.0189.